The number of benzene rings is 1. The Morgan fingerprint density at radius 3 is 2.68 bits per heavy atom. The fourth-order valence-corrected chi connectivity index (χ4v) is 3.32. The van der Waals surface area contributed by atoms with Gasteiger partial charge >= 0.3 is 5.97 Å². The number of carbonyl (C=O) groups is 3. The molecule has 1 fully saturated rings. The van der Waals surface area contributed by atoms with Crippen LogP contribution in [0.3, 0.4) is 0 Å². The van der Waals surface area contributed by atoms with Crippen molar-refractivity contribution >= 4 is 17.7 Å². The van der Waals surface area contributed by atoms with E-state index >= 15 is 0 Å². The first-order chi connectivity index (χ1) is 11.9. The number of rotatable bonds is 7. The van der Waals surface area contributed by atoms with Gasteiger partial charge in [-0.05, 0) is 50.8 Å². The van der Waals surface area contributed by atoms with Gasteiger partial charge in [0.15, 0.2) is 5.78 Å². The summed E-state index contributed by atoms with van der Waals surface area (Å²) in [6, 6.07) is 5.07. The molecule has 1 heterocycles. The zero-order valence-electron chi connectivity index (χ0n) is 14.8. The summed E-state index contributed by atoms with van der Waals surface area (Å²) in [6.45, 7) is 2.14. The number of ketones is 1. The van der Waals surface area contributed by atoms with E-state index in [0.29, 0.717) is 29.8 Å². The van der Waals surface area contributed by atoms with Gasteiger partial charge in [0.2, 0.25) is 5.91 Å². The van der Waals surface area contributed by atoms with E-state index in [2.05, 4.69) is 0 Å². The number of carbonyl (C=O) groups excluding carboxylic acids is 2. The topological polar surface area (TPSA) is 83.9 Å². The summed E-state index contributed by atoms with van der Waals surface area (Å²) in [6.07, 6.45) is 3.47. The number of carboxylic acid groups (broad SMARTS) is 1. The maximum Gasteiger partial charge on any atom is 0.303 e. The molecule has 1 atom stereocenters. The van der Waals surface area contributed by atoms with E-state index in [0.717, 1.165) is 19.3 Å². The third-order valence-electron chi connectivity index (χ3n) is 4.67. The number of ether oxygens (including phenoxy) is 1. The largest absolute Gasteiger partial charge is 0.496 e. The predicted molar refractivity (Wildman–Crippen MR) is 92.9 cm³/mol. The first kappa shape index (κ1) is 19.0. The fourth-order valence-electron chi connectivity index (χ4n) is 3.32. The van der Waals surface area contributed by atoms with Crippen LogP contribution in [0.5, 0.6) is 5.75 Å². The Kier molecular flexibility index (Phi) is 6.56. The Bertz CT molecular complexity index is 655. The Morgan fingerprint density at radius 1 is 1.28 bits per heavy atom. The number of nitrogens with zero attached hydrogens (tertiary/aromatic N) is 1. The quantitative estimate of drug-likeness (QED) is 0.767. The smallest absolute Gasteiger partial charge is 0.303 e. The number of hydrogen-bond acceptors (Lipinski definition) is 4. The number of hydrogen-bond donors (Lipinski definition) is 1. The second kappa shape index (κ2) is 8.65. The molecule has 6 nitrogen and oxygen atoms in total. The fraction of sp³-hybridized carbons (Fsp3) is 0.526. The van der Waals surface area contributed by atoms with Crippen LogP contribution in [0.15, 0.2) is 18.2 Å². The van der Waals surface area contributed by atoms with Crippen LogP contribution in [0, 0.1) is 0 Å². The maximum absolute atomic E-state index is 12.8. The minimum absolute atomic E-state index is 0.0284. The molecule has 1 saturated heterocycles. The number of aliphatic carboxylic acids is 1. The molecule has 1 aromatic rings. The van der Waals surface area contributed by atoms with Crippen LogP contribution < -0.4 is 4.74 Å². The molecule has 0 spiro atoms. The average Bonchev–Trinajstić information content (AvgIpc) is 2.60. The van der Waals surface area contributed by atoms with Gasteiger partial charge in [-0.2, -0.15) is 0 Å². The lowest BCUT2D eigenvalue weighted by Crippen LogP contribution is -2.44. The van der Waals surface area contributed by atoms with Crippen molar-refractivity contribution in [3.63, 3.8) is 0 Å². The molecule has 0 aliphatic carbocycles. The van der Waals surface area contributed by atoms with Crippen LogP contribution in [-0.2, 0) is 16.0 Å². The van der Waals surface area contributed by atoms with Gasteiger partial charge in [0.1, 0.15) is 5.75 Å². The van der Waals surface area contributed by atoms with E-state index in [1.165, 1.54) is 14.0 Å². The third-order valence-corrected chi connectivity index (χ3v) is 4.67. The summed E-state index contributed by atoms with van der Waals surface area (Å²) in [4.78, 5) is 37.0. The number of amides is 1. The molecule has 2 rings (SSSR count). The Morgan fingerprint density at radius 2 is 2.04 bits per heavy atom. The zero-order valence-corrected chi connectivity index (χ0v) is 14.8. The number of Topliss-reactive ketones (excluding diaryl/α,β-unsaturated/α-hetero) is 1. The van der Waals surface area contributed by atoms with Crippen molar-refractivity contribution in [3.05, 3.63) is 29.3 Å². The minimum Gasteiger partial charge on any atom is -0.496 e. The van der Waals surface area contributed by atoms with Crippen LogP contribution in [0.4, 0.5) is 0 Å². The van der Waals surface area contributed by atoms with Crippen molar-refractivity contribution < 1.29 is 24.2 Å². The molecule has 0 radical (unpaired) electrons. The normalized spacial score (nSPS) is 17.2. The highest BCUT2D eigenvalue weighted by molar-refractivity contribution is 5.94. The number of methoxy groups -OCH3 is 1. The maximum atomic E-state index is 12.8. The lowest BCUT2D eigenvalue weighted by Gasteiger charge is -2.36. The Hall–Kier alpha value is -2.37. The number of likely N-dealkylation sites (tertiary alicyclic amines) is 1. The van der Waals surface area contributed by atoms with Crippen LogP contribution in [0.1, 0.15) is 54.9 Å². The van der Waals surface area contributed by atoms with Gasteiger partial charge in [0.25, 0.3) is 0 Å². The van der Waals surface area contributed by atoms with E-state index in [9.17, 15) is 14.4 Å². The van der Waals surface area contributed by atoms with Crippen molar-refractivity contribution in [2.45, 2.75) is 51.5 Å². The van der Waals surface area contributed by atoms with E-state index in [-0.39, 0.29) is 30.6 Å². The number of carboxylic acids is 1. The molecule has 6 heteroatoms. The van der Waals surface area contributed by atoms with Gasteiger partial charge in [0.05, 0.1) is 13.5 Å². The van der Waals surface area contributed by atoms with Gasteiger partial charge in [-0.15, -0.1) is 0 Å². The van der Waals surface area contributed by atoms with E-state index in [4.69, 9.17) is 9.84 Å². The highest BCUT2D eigenvalue weighted by Gasteiger charge is 2.27. The summed E-state index contributed by atoms with van der Waals surface area (Å²) in [7, 11) is 1.54. The first-order valence-electron chi connectivity index (χ1n) is 8.61. The Labute approximate surface area is 147 Å². The predicted octanol–water partition coefficient (Wildman–Crippen LogP) is 2.69. The van der Waals surface area contributed by atoms with E-state index in [1.54, 1.807) is 23.1 Å². The van der Waals surface area contributed by atoms with Crippen LogP contribution in [0.2, 0.25) is 0 Å². The summed E-state index contributed by atoms with van der Waals surface area (Å²) >= 11 is 0. The highest BCUT2D eigenvalue weighted by Crippen LogP contribution is 2.25. The summed E-state index contributed by atoms with van der Waals surface area (Å²) < 4.78 is 5.31. The summed E-state index contributed by atoms with van der Waals surface area (Å²) in [5, 5.41) is 8.90. The standard InChI is InChI=1S/C19H25NO5/c1-13(21)14-6-8-17(25-2)15(11-14)12-18(22)20-10-4-3-5-16(20)7-9-19(23)24/h6,8,11,16H,3-5,7,9-10,12H2,1-2H3,(H,23,24). The molecule has 1 aliphatic heterocycles. The van der Waals surface area contributed by atoms with Gasteiger partial charge in [-0.25, -0.2) is 0 Å². The third kappa shape index (κ3) is 5.05. The second-order valence-electron chi connectivity index (χ2n) is 6.43. The van der Waals surface area contributed by atoms with E-state index in [1.807, 2.05) is 0 Å². The summed E-state index contributed by atoms with van der Waals surface area (Å²) in [5.74, 6) is -0.367. The molecule has 1 N–H and O–H groups in total. The molecule has 1 unspecified atom stereocenters. The SMILES string of the molecule is COc1ccc(C(C)=O)cc1CC(=O)N1CCCCC1CCC(=O)O. The highest BCUT2D eigenvalue weighted by atomic mass is 16.5. The second-order valence-corrected chi connectivity index (χ2v) is 6.43. The Balaban J connectivity index is 2.14. The lowest BCUT2D eigenvalue weighted by atomic mass is 9.96. The summed E-state index contributed by atoms with van der Waals surface area (Å²) in [5.41, 5.74) is 1.23. The van der Waals surface area contributed by atoms with Gasteiger partial charge in [-0.1, -0.05) is 0 Å². The van der Waals surface area contributed by atoms with Crippen molar-refractivity contribution in [1.29, 1.82) is 0 Å². The van der Waals surface area contributed by atoms with Crippen LogP contribution >= 0.6 is 0 Å². The minimum atomic E-state index is -0.839. The molecule has 0 bridgehead atoms. The van der Waals surface area contributed by atoms with Crippen molar-refractivity contribution in [3.8, 4) is 5.75 Å². The first-order valence-corrected chi connectivity index (χ1v) is 8.61. The van der Waals surface area contributed by atoms with Gasteiger partial charge in [0, 0.05) is 30.1 Å². The van der Waals surface area contributed by atoms with Gasteiger partial charge < -0.3 is 14.7 Å². The molecule has 1 amide bonds. The molecule has 25 heavy (non-hydrogen) atoms. The molecular formula is C19H25NO5. The molecule has 1 aromatic carbocycles. The van der Waals surface area contributed by atoms with Crippen LogP contribution in [0.25, 0.3) is 0 Å². The number of piperidine rings is 1. The lowest BCUT2D eigenvalue weighted by molar-refractivity contribution is -0.139. The van der Waals surface area contributed by atoms with Crippen molar-refractivity contribution in [2.24, 2.45) is 0 Å². The van der Waals surface area contributed by atoms with Crippen molar-refractivity contribution in [1.82, 2.24) is 4.90 Å². The monoisotopic (exact) mass is 347 g/mol. The molecular weight excluding hydrogens is 322 g/mol. The van der Waals surface area contributed by atoms with Crippen LogP contribution in [-0.4, -0.2) is 47.4 Å². The van der Waals surface area contributed by atoms with Gasteiger partial charge in [-0.3, -0.25) is 14.4 Å². The molecule has 0 saturated carbocycles. The molecule has 0 aromatic heterocycles. The molecule has 1 aliphatic rings. The van der Waals surface area contributed by atoms with E-state index < -0.39 is 5.97 Å². The average molecular weight is 347 g/mol. The zero-order chi connectivity index (χ0) is 18.4. The van der Waals surface area contributed by atoms with Crippen molar-refractivity contribution in [2.75, 3.05) is 13.7 Å². The molecule has 136 valence electrons.